The van der Waals surface area contributed by atoms with Crippen molar-refractivity contribution in [1.29, 1.82) is 0 Å². The summed E-state index contributed by atoms with van der Waals surface area (Å²) in [5, 5.41) is 0. The smallest absolute Gasteiger partial charge is 0.213 e. The average Bonchev–Trinajstić information content (AvgIpc) is 2.71. The van der Waals surface area contributed by atoms with E-state index >= 15 is 0 Å². The first-order valence-electron chi connectivity index (χ1n) is 10.0. The number of hydrogen-bond acceptors (Lipinski definition) is 3. The molecule has 0 N–H and O–H groups in total. The van der Waals surface area contributed by atoms with E-state index < -0.39 is 0 Å². The van der Waals surface area contributed by atoms with Crippen LogP contribution in [0.3, 0.4) is 0 Å². The Bertz CT molecular complexity index is 963. The van der Waals surface area contributed by atoms with Crippen LogP contribution in [0.25, 0.3) is 5.57 Å². The third kappa shape index (κ3) is 4.61. The lowest BCUT2D eigenvalue weighted by Crippen LogP contribution is -2.24. The summed E-state index contributed by atoms with van der Waals surface area (Å²) in [5.74, 6) is 0.247. The molecular weight excluding hydrogens is 370 g/mol. The van der Waals surface area contributed by atoms with E-state index in [4.69, 9.17) is 9.73 Å². The summed E-state index contributed by atoms with van der Waals surface area (Å²) in [6.07, 6.45) is 11.3. The van der Waals surface area contributed by atoms with Crippen LogP contribution in [-0.2, 0) is 0 Å². The number of benzene rings is 1. The molecule has 1 aliphatic carbocycles. The van der Waals surface area contributed by atoms with E-state index in [0.717, 1.165) is 43.0 Å². The van der Waals surface area contributed by atoms with Crippen molar-refractivity contribution in [3.05, 3.63) is 77.0 Å². The van der Waals surface area contributed by atoms with E-state index in [0.29, 0.717) is 24.0 Å². The summed E-state index contributed by atoms with van der Waals surface area (Å²) >= 11 is 0. The van der Waals surface area contributed by atoms with E-state index in [-0.39, 0.29) is 17.7 Å². The molecule has 4 rings (SSSR count). The van der Waals surface area contributed by atoms with Gasteiger partial charge in [-0.3, -0.25) is 4.99 Å². The van der Waals surface area contributed by atoms with Gasteiger partial charge in [-0.15, -0.1) is 0 Å². The lowest BCUT2D eigenvalue weighted by molar-refractivity contribution is 0.319. The Labute approximate surface area is 169 Å². The van der Waals surface area contributed by atoms with E-state index in [1.165, 1.54) is 17.7 Å². The van der Waals surface area contributed by atoms with Crippen LogP contribution in [0.4, 0.5) is 8.78 Å². The van der Waals surface area contributed by atoms with Crippen molar-refractivity contribution < 1.29 is 13.5 Å². The molecular formula is C24H24F2N2O. The zero-order valence-corrected chi connectivity index (χ0v) is 16.4. The number of allylic oxidation sites excluding steroid dienone is 2. The van der Waals surface area contributed by atoms with Crippen molar-refractivity contribution in [2.75, 3.05) is 6.61 Å². The molecule has 29 heavy (non-hydrogen) atoms. The molecule has 1 aromatic carbocycles. The number of pyridine rings is 1. The highest BCUT2D eigenvalue weighted by molar-refractivity contribution is 6.10. The third-order valence-electron chi connectivity index (χ3n) is 5.66. The summed E-state index contributed by atoms with van der Waals surface area (Å²) in [6.45, 7) is 2.28. The zero-order chi connectivity index (χ0) is 20.2. The molecule has 0 saturated heterocycles. The molecule has 0 fully saturated rings. The molecule has 2 heterocycles. The van der Waals surface area contributed by atoms with E-state index in [1.54, 1.807) is 12.1 Å². The molecule has 2 aliphatic rings. The highest BCUT2D eigenvalue weighted by atomic mass is 19.1. The Morgan fingerprint density at radius 3 is 2.86 bits per heavy atom. The van der Waals surface area contributed by atoms with Gasteiger partial charge >= 0.3 is 0 Å². The lowest BCUT2D eigenvalue weighted by Gasteiger charge is -2.28. The van der Waals surface area contributed by atoms with Crippen LogP contribution in [0.2, 0.25) is 0 Å². The number of ether oxygens (including phenoxy) is 1. The standard InChI is InChI=1S/C24H24F2N2O/c1-16-21(6-3-7-22(16)26)19-5-2-4-18-12-17(8-10-23(18)27-13-19)15-29-24-11-9-20(25)14-28-24/h3,5-7,9,11-14,18,23H,2,4,8,10,15H2,1H3. The number of nitrogens with zero attached hydrogens (tertiary/aromatic N) is 2. The molecule has 3 nitrogen and oxygen atoms in total. The van der Waals surface area contributed by atoms with E-state index in [2.05, 4.69) is 17.1 Å². The Morgan fingerprint density at radius 2 is 2.03 bits per heavy atom. The molecule has 0 radical (unpaired) electrons. The predicted octanol–water partition coefficient (Wildman–Crippen LogP) is 5.70. The molecule has 1 aliphatic heterocycles. The monoisotopic (exact) mass is 394 g/mol. The normalized spacial score (nSPS) is 21.5. The van der Waals surface area contributed by atoms with Gasteiger partial charge in [-0.1, -0.05) is 24.3 Å². The van der Waals surface area contributed by atoms with Crippen molar-refractivity contribution in [2.24, 2.45) is 10.9 Å². The first-order chi connectivity index (χ1) is 14.1. The maximum atomic E-state index is 13.9. The van der Waals surface area contributed by atoms with Gasteiger partial charge in [0.25, 0.3) is 0 Å². The number of halogens is 2. The van der Waals surface area contributed by atoms with Crippen LogP contribution in [0.5, 0.6) is 5.88 Å². The third-order valence-corrected chi connectivity index (χ3v) is 5.66. The minimum absolute atomic E-state index is 0.183. The van der Waals surface area contributed by atoms with Crippen LogP contribution in [0.1, 0.15) is 36.8 Å². The zero-order valence-electron chi connectivity index (χ0n) is 16.4. The molecule has 0 saturated carbocycles. The number of rotatable bonds is 4. The van der Waals surface area contributed by atoms with Gasteiger partial charge in [-0.25, -0.2) is 13.8 Å². The summed E-state index contributed by atoms with van der Waals surface area (Å²) in [7, 11) is 0. The second-order valence-corrected chi connectivity index (χ2v) is 7.63. The maximum Gasteiger partial charge on any atom is 0.213 e. The number of aliphatic imine (C=N–C) groups is 1. The highest BCUT2D eigenvalue weighted by Crippen LogP contribution is 2.32. The molecule has 2 unspecified atom stereocenters. The topological polar surface area (TPSA) is 34.5 Å². The van der Waals surface area contributed by atoms with Crippen molar-refractivity contribution >= 4 is 11.8 Å². The Morgan fingerprint density at radius 1 is 1.14 bits per heavy atom. The second-order valence-electron chi connectivity index (χ2n) is 7.63. The summed E-state index contributed by atoms with van der Waals surface area (Å²) in [4.78, 5) is 8.78. The first-order valence-corrected chi connectivity index (χ1v) is 10.0. The molecule has 0 spiro atoms. The molecule has 0 bridgehead atoms. The predicted molar refractivity (Wildman–Crippen MR) is 111 cm³/mol. The minimum atomic E-state index is -0.370. The fourth-order valence-corrected chi connectivity index (χ4v) is 4.00. The van der Waals surface area contributed by atoms with Crippen molar-refractivity contribution in [3.8, 4) is 5.88 Å². The fraction of sp³-hybridized carbons (Fsp3) is 0.333. The Kier molecular flexibility index (Phi) is 5.84. The summed E-state index contributed by atoms with van der Waals surface area (Å²) < 4.78 is 32.6. The van der Waals surface area contributed by atoms with Crippen molar-refractivity contribution in [1.82, 2.24) is 4.98 Å². The van der Waals surface area contributed by atoms with Gasteiger partial charge in [-0.05, 0) is 72.9 Å². The Balaban J connectivity index is 1.43. The number of hydrogen-bond donors (Lipinski definition) is 0. The number of fused-ring (bicyclic) bond motifs is 1. The van der Waals surface area contributed by atoms with Gasteiger partial charge in [0.1, 0.15) is 18.2 Å². The Hall–Kier alpha value is -2.82. The molecule has 2 atom stereocenters. The summed E-state index contributed by atoms with van der Waals surface area (Å²) in [5.41, 5.74) is 3.82. The lowest BCUT2D eigenvalue weighted by atomic mass is 9.82. The SMILES string of the molecule is Cc1c(F)cccc1C1=CCCC2C=C(COc3ccc(F)cn3)CCC2N=C1. The summed E-state index contributed by atoms with van der Waals surface area (Å²) in [6, 6.07) is 8.32. The largest absolute Gasteiger partial charge is 0.473 e. The maximum absolute atomic E-state index is 13.9. The van der Waals surface area contributed by atoms with Gasteiger partial charge in [-0.2, -0.15) is 0 Å². The molecule has 1 aromatic heterocycles. The van der Waals surface area contributed by atoms with E-state index in [1.807, 2.05) is 19.2 Å². The molecule has 0 amide bonds. The highest BCUT2D eigenvalue weighted by Gasteiger charge is 2.25. The van der Waals surface area contributed by atoms with Crippen LogP contribution < -0.4 is 4.74 Å². The van der Waals surface area contributed by atoms with Gasteiger partial charge in [0, 0.05) is 12.3 Å². The molecule has 5 heteroatoms. The van der Waals surface area contributed by atoms with Crippen molar-refractivity contribution in [3.63, 3.8) is 0 Å². The van der Waals surface area contributed by atoms with Crippen LogP contribution >= 0.6 is 0 Å². The van der Waals surface area contributed by atoms with Gasteiger partial charge in [0.05, 0.1) is 12.2 Å². The second kappa shape index (κ2) is 8.68. The number of aromatic nitrogens is 1. The van der Waals surface area contributed by atoms with E-state index in [9.17, 15) is 8.78 Å². The fourth-order valence-electron chi connectivity index (χ4n) is 4.00. The van der Waals surface area contributed by atoms with Gasteiger partial charge in [0.15, 0.2) is 0 Å². The average molecular weight is 394 g/mol. The van der Waals surface area contributed by atoms with Crippen molar-refractivity contribution in [2.45, 2.75) is 38.6 Å². The van der Waals surface area contributed by atoms with Gasteiger partial charge in [0.2, 0.25) is 5.88 Å². The molecule has 2 aromatic rings. The quantitative estimate of drug-likeness (QED) is 0.624. The van der Waals surface area contributed by atoms with Crippen LogP contribution in [-0.4, -0.2) is 23.8 Å². The minimum Gasteiger partial charge on any atom is -0.473 e. The van der Waals surface area contributed by atoms with Crippen LogP contribution in [0, 0.1) is 24.5 Å². The molecule has 150 valence electrons. The van der Waals surface area contributed by atoms with Crippen LogP contribution in [0.15, 0.2) is 59.2 Å². The first kappa shape index (κ1) is 19.5. The van der Waals surface area contributed by atoms with Gasteiger partial charge < -0.3 is 4.74 Å².